The first-order valence-corrected chi connectivity index (χ1v) is 13.8. The Morgan fingerprint density at radius 1 is 0.973 bits per heavy atom. The fourth-order valence-corrected chi connectivity index (χ4v) is 5.39. The lowest BCUT2D eigenvalue weighted by atomic mass is 9.95. The van der Waals surface area contributed by atoms with Crippen molar-refractivity contribution in [3.05, 3.63) is 94.1 Å². The molecule has 0 unspecified atom stereocenters. The van der Waals surface area contributed by atoms with Gasteiger partial charge in [-0.3, -0.25) is 4.79 Å². The fraction of sp³-hybridized carbons (Fsp3) is 0.323. The van der Waals surface area contributed by atoms with Gasteiger partial charge in [0.15, 0.2) is 0 Å². The Balaban J connectivity index is 1.39. The number of halogens is 1. The van der Waals surface area contributed by atoms with E-state index in [4.69, 9.17) is 9.47 Å². The van der Waals surface area contributed by atoms with Crippen molar-refractivity contribution in [1.29, 1.82) is 0 Å². The van der Waals surface area contributed by atoms with E-state index in [9.17, 15) is 4.79 Å². The molecule has 1 aliphatic rings. The lowest BCUT2D eigenvalue weighted by Crippen LogP contribution is -2.37. The highest BCUT2D eigenvalue weighted by Gasteiger charge is 2.18. The Hall–Kier alpha value is -3.25. The molecule has 1 saturated carbocycles. The van der Waals surface area contributed by atoms with Crippen LogP contribution < -0.4 is 14.8 Å². The number of methoxy groups -OCH3 is 1. The quantitative estimate of drug-likeness (QED) is 0.239. The van der Waals surface area contributed by atoms with Crippen LogP contribution in [-0.4, -0.2) is 23.6 Å². The molecule has 1 aliphatic carbocycles. The molecule has 0 aliphatic heterocycles. The highest BCUT2D eigenvalue weighted by molar-refractivity contribution is 9.10. The van der Waals surface area contributed by atoms with Gasteiger partial charge in [-0.05, 0) is 72.0 Å². The fourth-order valence-electron chi connectivity index (χ4n) is 5.13. The average Bonchev–Trinajstić information content (AvgIpc) is 3.25. The second kappa shape index (κ2) is 11.9. The van der Waals surface area contributed by atoms with E-state index in [1.54, 1.807) is 7.11 Å². The molecule has 5 nitrogen and oxygen atoms in total. The first-order chi connectivity index (χ1) is 18.1. The van der Waals surface area contributed by atoms with Crippen LogP contribution in [-0.2, 0) is 24.4 Å². The largest absolute Gasteiger partial charge is 0.497 e. The molecule has 6 heteroatoms. The summed E-state index contributed by atoms with van der Waals surface area (Å²) >= 11 is 3.52. The molecule has 1 heterocycles. The molecule has 37 heavy (non-hydrogen) atoms. The molecule has 0 atom stereocenters. The van der Waals surface area contributed by atoms with Crippen LogP contribution in [0.2, 0.25) is 0 Å². The third-order valence-electron chi connectivity index (χ3n) is 7.06. The van der Waals surface area contributed by atoms with Gasteiger partial charge in [0.2, 0.25) is 5.91 Å². The van der Waals surface area contributed by atoms with Gasteiger partial charge in [0.1, 0.15) is 18.1 Å². The van der Waals surface area contributed by atoms with Crippen molar-refractivity contribution in [3.8, 4) is 11.5 Å². The van der Waals surface area contributed by atoms with Crippen molar-refractivity contribution in [2.24, 2.45) is 0 Å². The molecule has 0 bridgehead atoms. The van der Waals surface area contributed by atoms with Gasteiger partial charge in [0.05, 0.1) is 13.5 Å². The van der Waals surface area contributed by atoms with Crippen LogP contribution in [0.4, 0.5) is 0 Å². The summed E-state index contributed by atoms with van der Waals surface area (Å²) in [5.41, 5.74) is 4.36. The minimum atomic E-state index is 0.0947. The number of fused-ring (bicyclic) bond motifs is 1. The molecule has 1 N–H and O–H groups in total. The molecule has 0 radical (unpaired) electrons. The van der Waals surface area contributed by atoms with Crippen LogP contribution >= 0.6 is 15.9 Å². The van der Waals surface area contributed by atoms with Crippen LogP contribution in [0, 0.1) is 0 Å². The number of nitrogens with zero attached hydrogens (tertiary/aromatic N) is 1. The van der Waals surface area contributed by atoms with Crippen molar-refractivity contribution in [2.75, 3.05) is 7.11 Å². The molecule has 5 rings (SSSR count). The Morgan fingerprint density at radius 2 is 1.78 bits per heavy atom. The zero-order valence-corrected chi connectivity index (χ0v) is 22.8. The van der Waals surface area contributed by atoms with Crippen molar-refractivity contribution in [2.45, 2.75) is 57.7 Å². The van der Waals surface area contributed by atoms with Gasteiger partial charge < -0.3 is 19.4 Å². The summed E-state index contributed by atoms with van der Waals surface area (Å²) < 4.78 is 14.8. The molecule has 4 aromatic rings. The zero-order chi connectivity index (χ0) is 25.6. The number of nitrogens with one attached hydrogen (secondary N) is 1. The standard InChI is InChI=1S/C31H33BrN2O3/c1-36-27-9-5-6-23(16-27)21-37-28-14-15-30-29(18-28)24(17-31(35)33-26-7-3-2-4-8-26)20-34(30)19-22-10-12-25(32)13-11-22/h5-6,9-16,18,20,26H,2-4,7-8,17,19,21H2,1H3,(H,33,35). The first-order valence-electron chi connectivity index (χ1n) is 13.0. The number of benzene rings is 3. The highest BCUT2D eigenvalue weighted by Crippen LogP contribution is 2.29. The van der Waals surface area contributed by atoms with Gasteiger partial charge in [-0.15, -0.1) is 0 Å². The molecule has 1 amide bonds. The van der Waals surface area contributed by atoms with E-state index in [1.807, 2.05) is 30.3 Å². The van der Waals surface area contributed by atoms with E-state index < -0.39 is 0 Å². The topological polar surface area (TPSA) is 52.5 Å². The maximum atomic E-state index is 13.0. The summed E-state index contributed by atoms with van der Waals surface area (Å²) in [5.74, 6) is 1.69. The van der Waals surface area contributed by atoms with Crippen LogP contribution in [0.15, 0.2) is 77.4 Å². The number of amides is 1. The SMILES string of the molecule is COc1cccc(COc2ccc3c(c2)c(CC(=O)NC2CCCCC2)cn3Cc2ccc(Br)cc2)c1. The molecular weight excluding hydrogens is 528 g/mol. The minimum absolute atomic E-state index is 0.0947. The van der Waals surface area contributed by atoms with Crippen LogP contribution in [0.25, 0.3) is 10.9 Å². The third-order valence-corrected chi connectivity index (χ3v) is 7.59. The van der Waals surface area contributed by atoms with Crippen molar-refractivity contribution in [3.63, 3.8) is 0 Å². The maximum Gasteiger partial charge on any atom is 0.224 e. The van der Waals surface area contributed by atoms with Gasteiger partial charge >= 0.3 is 0 Å². The Morgan fingerprint density at radius 3 is 2.57 bits per heavy atom. The lowest BCUT2D eigenvalue weighted by molar-refractivity contribution is -0.121. The third kappa shape index (κ3) is 6.55. The normalized spacial score (nSPS) is 14.0. The Kier molecular flexibility index (Phi) is 8.15. The molecule has 1 fully saturated rings. The summed E-state index contributed by atoms with van der Waals surface area (Å²) in [6, 6.07) is 22.7. The number of hydrogen-bond acceptors (Lipinski definition) is 3. The number of ether oxygens (including phenoxy) is 2. The van der Waals surface area contributed by atoms with Crippen LogP contribution in [0.5, 0.6) is 11.5 Å². The zero-order valence-electron chi connectivity index (χ0n) is 21.2. The number of aromatic nitrogens is 1. The Labute approximate surface area is 226 Å². The molecular formula is C31H33BrN2O3. The predicted molar refractivity (Wildman–Crippen MR) is 151 cm³/mol. The van der Waals surface area contributed by atoms with Gasteiger partial charge in [0.25, 0.3) is 0 Å². The second-order valence-electron chi connectivity index (χ2n) is 9.81. The van der Waals surface area contributed by atoms with Crippen LogP contribution in [0.1, 0.15) is 48.8 Å². The summed E-state index contributed by atoms with van der Waals surface area (Å²) in [4.78, 5) is 13.0. The van der Waals surface area contributed by atoms with Crippen molar-refractivity contribution >= 4 is 32.7 Å². The van der Waals surface area contributed by atoms with E-state index in [1.165, 1.54) is 24.8 Å². The maximum absolute atomic E-state index is 13.0. The second-order valence-corrected chi connectivity index (χ2v) is 10.7. The smallest absolute Gasteiger partial charge is 0.224 e. The molecule has 0 spiro atoms. The van der Waals surface area contributed by atoms with Gasteiger partial charge in [-0.25, -0.2) is 0 Å². The monoisotopic (exact) mass is 560 g/mol. The predicted octanol–water partition coefficient (Wildman–Crippen LogP) is 7.03. The van der Waals surface area contributed by atoms with Gasteiger partial charge in [0, 0.05) is 34.2 Å². The van der Waals surface area contributed by atoms with E-state index in [0.717, 1.165) is 57.4 Å². The first kappa shape index (κ1) is 25.4. The number of hydrogen-bond donors (Lipinski definition) is 1. The van der Waals surface area contributed by atoms with Gasteiger partial charge in [-0.2, -0.15) is 0 Å². The number of rotatable bonds is 9. The van der Waals surface area contributed by atoms with Crippen molar-refractivity contribution in [1.82, 2.24) is 9.88 Å². The molecule has 192 valence electrons. The molecule has 3 aromatic carbocycles. The summed E-state index contributed by atoms with van der Waals surface area (Å²) in [6.45, 7) is 1.18. The van der Waals surface area contributed by atoms with Crippen molar-refractivity contribution < 1.29 is 14.3 Å². The van der Waals surface area contributed by atoms with Crippen LogP contribution in [0.3, 0.4) is 0 Å². The highest BCUT2D eigenvalue weighted by atomic mass is 79.9. The molecule has 1 aromatic heterocycles. The minimum Gasteiger partial charge on any atom is -0.497 e. The summed E-state index contributed by atoms with van der Waals surface area (Å²) in [6.07, 6.45) is 8.32. The number of carbonyl (C=O) groups is 1. The van der Waals surface area contributed by atoms with E-state index >= 15 is 0 Å². The van der Waals surface area contributed by atoms with E-state index in [0.29, 0.717) is 19.1 Å². The lowest BCUT2D eigenvalue weighted by Gasteiger charge is -2.22. The average molecular weight is 562 g/mol. The van der Waals surface area contributed by atoms with E-state index in [2.05, 4.69) is 68.4 Å². The summed E-state index contributed by atoms with van der Waals surface area (Å²) in [5, 5.41) is 4.33. The Bertz CT molecular complexity index is 1360. The number of carbonyl (C=O) groups excluding carboxylic acids is 1. The van der Waals surface area contributed by atoms with Gasteiger partial charge in [-0.1, -0.05) is 59.5 Å². The summed E-state index contributed by atoms with van der Waals surface area (Å²) in [7, 11) is 1.67. The van der Waals surface area contributed by atoms with E-state index in [-0.39, 0.29) is 5.91 Å². The molecule has 0 saturated heterocycles.